The van der Waals surface area contributed by atoms with E-state index in [1.165, 1.54) is 0 Å². The molecule has 1 radical (unpaired) electrons. The Balaban J connectivity index is 2.30. The van der Waals surface area contributed by atoms with Crippen molar-refractivity contribution >= 4 is 5.96 Å². The van der Waals surface area contributed by atoms with E-state index in [0.29, 0.717) is 0 Å². The average molecular weight is 155 g/mol. The van der Waals surface area contributed by atoms with Gasteiger partial charge in [-0.05, 0) is 6.92 Å². The highest BCUT2D eigenvalue weighted by Crippen LogP contribution is 2.01. The molecule has 1 rings (SSSR count). The fraction of sp³-hybridized carbons (Fsp3) is 0.714. The second-order valence-electron chi connectivity index (χ2n) is 2.67. The molecular weight excluding hydrogens is 140 g/mol. The van der Waals surface area contributed by atoms with Crippen LogP contribution in [0.15, 0.2) is 0 Å². The van der Waals surface area contributed by atoms with Crippen LogP contribution in [-0.4, -0.2) is 41.9 Å². The Kier molecular flexibility index (Phi) is 2.70. The smallest absolute Gasteiger partial charge is 0.188 e. The van der Waals surface area contributed by atoms with E-state index in [0.717, 1.165) is 26.2 Å². The minimum absolute atomic E-state index is 0.195. The number of nitrogens with one attached hydrogen (secondary N) is 1. The minimum Gasteiger partial charge on any atom is -0.370 e. The second kappa shape index (κ2) is 3.57. The maximum atomic E-state index is 7.19. The van der Waals surface area contributed by atoms with E-state index in [4.69, 9.17) is 11.1 Å². The van der Waals surface area contributed by atoms with Crippen molar-refractivity contribution in [3.8, 4) is 0 Å². The molecule has 63 valence electrons. The van der Waals surface area contributed by atoms with Gasteiger partial charge in [0.25, 0.3) is 0 Å². The first-order valence-corrected chi connectivity index (χ1v) is 3.86. The number of nitrogens with zero attached hydrogens (tertiary/aromatic N) is 2. The number of hydrogen-bond donors (Lipinski definition) is 2. The van der Waals surface area contributed by atoms with E-state index >= 15 is 0 Å². The number of nitrogens with two attached hydrogens (primary N) is 1. The molecule has 0 saturated carbocycles. The molecule has 0 atom stereocenters. The normalized spacial score (nSPS) is 20.3. The second-order valence-corrected chi connectivity index (χ2v) is 2.67. The van der Waals surface area contributed by atoms with Gasteiger partial charge in [0.05, 0.1) is 0 Å². The summed E-state index contributed by atoms with van der Waals surface area (Å²) in [5.41, 5.74) is 5.33. The summed E-state index contributed by atoms with van der Waals surface area (Å²) in [5.74, 6) is 0.195. The minimum atomic E-state index is 0.195. The Labute approximate surface area is 67.5 Å². The van der Waals surface area contributed by atoms with E-state index in [1.54, 1.807) is 0 Å². The molecule has 0 aromatic rings. The monoisotopic (exact) mass is 155 g/mol. The molecule has 0 spiro atoms. The van der Waals surface area contributed by atoms with Crippen LogP contribution in [0.5, 0.6) is 0 Å². The molecule has 0 aromatic heterocycles. The lowest BCUT2D eigenvalue weighted by Gasteiger charge is -2.33. The van der Waals surface area contributed by atoms with Gasteiger partial charge in [0.2, 0.25) is 0 Å². The highest BCUT2D eigenvalue weighted by atomic mass is 15.3. The molecule has 1 aliphatic rings. The summed E-state index contributed by atoms with van der Waals surface area (Å²) in [6, 6.07) is 0. The van der Waals surface area contributed by atoms with Crippen LogP contribution in [0.1, 0.15) is 6.92 Å². The predicted molar refractivity (Wildman–Crippen MR) is 45.0 cm³/mol. The quantitative estimate of drug-likeness (QED) is 0.403. The first kappa shape index (κ1) is 8.33. The van der Waals surface area contributed by atoms with Gasteiger partial charge in [0.15, 0.2) is 5.96 Å². The van der Waals surface area contributed by atoms with Crippen LogP contribution < -0.4 is 5.73 Å². The molecule has 1 aliphatic heterocycles. The highest BCUT2D eigenvalue weighted by Gasteiger charge is 2.15. The van der Waals surface area contributed by atoms with E-state index < -0.39 is 0 Å². The fourth-order valence-electron chi connectivity index (χ4n) is 1.22. The van der Waals surface area contributed by atoms with Crippen molar-refractivity contribution in [1.82, 2.24) is 9.80 Å². The van der Waals surface area contributed by atoms with E-state index in [-0.39, 0.29) is 5.96 Å². The summed E-state index contributed by atoms with van der Waals surface area (Å²) in [6.07, 6.45) is 0. The molecule has 1 fully saturated rings. The van der Waals surface area contributed by atoms with Gasteiger partial charge in [-0.25, -0.2) is 0 Å². The SMILES string of the molecule is C[CH]N1CCN(C(=N)N)CC1. The Morgan fingerprint density at radius 1 is 1.36 bits per heavy atom. The Morgan fingerprint density at radius 3 is 2.27 bits per heavy atom. The summed E-state index contributed by atoms with van der Waals surface area (Å²) < 4.78 is 0. The first-order valence-electron chi connectivity index (χ1n) is 3.86. The first-order chi connectivity index (χ1) is 5.24. The standard InChI is InChI=1S/C7H15N4/c1-2-10-3-5-11(6-4-10)7(8)9/h2H,3-6H2,1H3,(H3,8,9). The lowest BCUT2D eigenvalue weighted by molar-refractivity contribution is 0.216. The molecule has 0 amide bonds. The Hall–Kier alpha value is -0.770. The van der Waals surface area contributed by atoms with Crippen molar-refractivity contribution in [1.29, 1.82) is 5.41 Å². The van der Waals surface area contributed by atoms with E-state index in [2.05, 4.69) is 11.4 Å². The molecule has 11 heavy (non-hydrogen) atoms. The molecule has 4 heteroatoms. The van der Waals surface area contributed by atoms with Crippen molar-refractivity contribution in [3.05, 3.63) is 6.54 Å². The third-order valence-corrected chi connectivity index (χ3v) is 2.02. The van der Waals surface area contributed by atoms with Crippen molar-refractivity contribution in [3.63, 3.8) is 0 Å². The molecule has 0 aliphatic carbocycles. The summed E-state index contributed by atoms with van der Waals surface area (Å²) in [7, 11) is 0. The number of rotatable bonds is 1. The average Bonchev–Trinajstić information content (AvgIpc) is 2.05. The van der Waals surface area contributed by atoms with Crippen molar-refractivity contribution in [2.45, 2.75) is 6.92 Å². The summed E-state index contributed by atoms with van der Waals surface area (Å²) >= 11 is 0. The zero-order valence-electron chi connectivity index (χ0n) is 6.88. The van der Waals surface area contributed by atoms with Crippen molar-refractivity contribution in [2.24, 2.45) is 5.73 Å². The number of guanidine groups is 1. The van der Waals surface area contributed by atoms with Crippen LogP contribution in [0.2, 0.25) is 0 Å². The maximum absolute atomic E-state index is 7.19. The molecule has 3 N–H and O–H groups in total. The molecule has 0 unspecified atom stereocenters. The molecule has 4 nitrogen and oxygen atoms in total. The van der Waals surface area contributed by atoms with Gasteiger partial charge in [0, 0.05) is 32.7 Å². The molecule has 1 heterocycles. The fourth-order valence-corrected chi connectivity index (χ4v) is 1.22. The molecule has 0 aromatic carbocycles. The molecule has 0 bridgehead atoms. The molecular formula is C7H15N4. The van der Waals surface area contributed by atoms with Gasteiger partial charge in [-0.3, -0.25) is 10.3 Å². The van der Waals surface area contributed by atoms with Crippen LogP contribution in [-0.2, 0) is 0 Å². The predicted octanol–water partition coefficient (Wildman–Crippen LogP) is -0.321. The van der Waals surface area contributed by atoms with Gasteiger partial charge in [-0.1, -0.05) is 0 Å². The van der Waals surface area contributed by atoms with Crippen molar-refractivity contribution < 1.29 is 0 Å². The van der Waals surface area contributed by atoms with Crippen LogP contribution in [0.4, 0.5) is 0 Å². The van der Waals surface area contributed by atoms with Gasteiger partial charge in [-0.15, -0.1) is 0 Å². The van der Waals surface area contributed by atoms with Crippen LogP contribution >= 0.6 is 0 Å². The van der Waals surface area contributed by atoms with Crippen LogP contribution in [0.25, 0.3) is 0 Å². The number of piperazine rings is 1. The summed E-state index contributed by atoms with van der Waals surface area (Å²) in [5, 5.41) is 7.19. The van der Waals surface area contributed by atoms with E-state index in [9.17, 15) is 0 Å². The third kappa shape index (κ3) is 2.08. The highest BCUT2D eigenvalue weighted by molar-refractivity contribution is 5.74. The lowest BCUT2D eigenvalue weighted by Crippen LogP contribution is -2.49. The van der Waals surface area contributed by atoms with Gasteiger partial charge >= 0.3 is 0 Å². The van der Waals surface area contributed by atoms with Gasteiger partial charge in [0.1, 0.15) is 0 Å². The summed E-state index contributed by atoms with van der Waals surface area (Å²) in [6.45, 7) is 7.83. The molecule has 1 saturated heterocycles. The zero-order valence-corrected chi connectivity index (χ0v) is 6.88. The van der Waals surface area contributed by atoms with Gasteiger partial charge in [-0.2, -0.15) is 0 Å². The van der Waals surface area contributed by atoms with E-state index in [1.807, 2.05) is 11.8 Å². The van der Waals surface area contributed by atoms with Crippen LogP contribution in [0, 0.1) is 12.0 Å². The topological polar surface area (TPSA) is 56.4 Å². The van der Waals surface area contributed by atoms with Crippen molar-refractivity contribution in [2.75, 3.05) is 26.2 Å². The summed E-state index contributed by atoms with van der Waals surface area (Å²) in [4.78, 5) is 4.12. The number of hydrogen-bond acceptors (Lipinski definition) is 2. The Bertz CT molecular complexity index is 137. The lowest BCUT2D eigenvalue weighted by atomic mass is 10.3. The van der Waals surface area contributed by atoms with Gasteiger partial charge < -0.3 is 10.6 Å². The third-order valence-electron chi connectivity index (χ3n) is 2.02. The Morgan fingerprint density at radius 2 is 1.91 bits per heavy atom. The largest absolute Gasteiger partial charge is 0.370 e. The zero-order chi connectivity index (χ0) is 8.27. The maximum Gasteiger partial charge on any atom is 0.188 e. The van der Waals surface area contributed by atoms with Crippen LogP contribution in [0.3, 0.4) is 0 Å².